The molecule has 1 atom stereocenters. The van der Waals surface area contributed by atoms with Gasteiger partial charge in [0.1, 0.15) is 0 Å². The molecule has 2 N–H and O–H groups in total. The van der Waals surface area contributed by atoms with E-state index in [0.29, 0.717) is 13.2 Å². The highest BCUT2D eigenvalue weighted by molar-refractivity contribution is 5.83. The Morgan fingerprint density at radius 3 is 2.75 bits per heavy atom. The van der Waals surface area contributed by atoms with Crippen molar-refractivity contribution in [2.24, 2.45) is 5.41 Å². The summed E-state index contributed by atoms with van der Waals surface area (Å²) in [5.41, 5.74) is 2.03. The van der Waals surface area contributed by atoms with Crippen LogP contribution in [0, 0.1) is 5.41 Å². The molecule has 2 rings (SSSR count). The van der Waals surface area contributed by atoms with Crippen LogP contribution in [0.1, 0.15) is 30.9 Å². The van der Waals surface area contributed by atoms with E-state index < -0.39 is 0 Å². The number of benzene rings is 1. The first kappa shape index (κ1) is 15.0. The van der Waals surface area contributed by atoms with Gasteiger partial charge in [0.15, 0.2) is 0 Å². The van der Waals surface area contributed by atoms with Crippen LogP contribution in [0.3, 0.4) is 0 Å². The number of rotatable bonds is 6. The van der Waals surface area contributed by atoms with Crippen molar-refractivity contribution in [1.29, 1.82) is 0 Å². The highest BCUT2D eigenvalue weighted by Gasteiger charge is 2.39. The predicted octanol–water partition coefficient (Wildman–Crippen LogP) is 1.84. The summed E-state index contributed by atoms with van der Waals surface area (Å²) in [6, 6.07) is 8.07. The molecule has 0 spiro atoms. The fourth-order valence-corrected chi connectivity index (χ4v) is 2.79. The van der Waals surface area contributed by atoms with Crippen LogP contribution in [0.5, 0.6) is 0 Å². The highest BCUT2D eigenvalue weighted by atomic mass is 16.5. The van der Waals surface area contributed by atoms with Gasteiger partial charge in [-0.1, -0.05) is 31.2 Å². The van der Waals surface area contributed by atoms with Gasteiger partial charge >= 0.3 is 0 Å². The summed E-state index contributed by atoms with van der Waals surface area (Å²) in [6.07, 6.45) is 1.81. The lowest BCUT2D eigenvalue weighted by Gasteiger charge is -2.25. The Balaban J connectivity index is 1.99. The number of nitrogens with one attached hydrogen (secondary N) is 2. The van der Waals surface area contributed by atoms with Crippen LogP contribution < -0.4 is 10.6 Å². The van der Waals surface area contributed by atoms with Crippen LogP contribution in [0.25, 0.3) is 0 Å². The van der Waals surface area contributed by atoms with Gasteiger partial charge < -0.3 is 15.4 Å². The standard InChI is InChI=1S/C16H24N2O2/c1-3-16(8-9-17-12-16)15(19)18-10-13-6-4-5-7-14(13)11-20-2/h4-7,17H,3,8-12H2,1-2H3,(H,18,19). The SMILES string of the molecule is CCC1(C(=O)NCc2ccccc2COC)CCNC1. The molecular weight excluding hydrogens is 252 g/mol. The Morgan fingerprint density at radius 2 is 2.15 bits per heavy atom. The van der Waals surface area contributed by atoms with E-state index in [4.69, 9.17) is 4.74 Å². The van der Waals surface area contributed by atoms with Gasteiger partial charge in [0, 0.05) is 20.2 Å². The first-order chi connectivity index (χ1) is 9.72. The maximum Gasteiger partial charge on any atom is 0.227 e. The number of carbonyl (C=O) groups excluding carboxylic acids is 1. The minimum Gasteiger partial charge on any atom is -0.380 e. The van der Waals surface area contributed by atoms with Crippen molar-refractivity contribution >= 4 is 5.91 Å². The molecule has 0 aliphatic carbocycles. The molecule has 110 valence electrons. The molecule has 1 saturated heterocycles. The summed E-state index contributed by atoms with van der Waals surface area (Å²) in [5.74, 6) is 0.164. The Hall–Kier alpha value is -1.39. The average molecular weight is 276 g/mol. The summed E-state index contributed by atoms with van der Waals surface area (Å²) >= 11 is 0. The molecule has 4 nitrogen and oxygen atoms in total. The van der Waals surface area contributed by atoms with Crippen LogP contribution in [0.15, 0.2) is 24.3 Å². The zero-order chi connectivity index (χ0) is 14.4. The van der Waals surface area contributed by atoms with Crippen LogP contribution >= 0.6 is 0 Å². The van der Waals surface area contributed by atoms with Crippen molar-refractivity contribution in [3.63, 3.8) is 0 Å². The smallest absolute Gasteiger partial charge is 0.227 e. The third kappa shape index (κ3) is 3.19. The number of hydrogen-bond acceptors (Lipinski definition) is 3. The summed E-state index contributed by atoms with van der Waals surface area (Å²) in [7, 11) is 1.69. The van der Waals surface area contributed by atoms with Crippen LogP contribution in [-0.4, -0.2) is 26.1 Å². The van der Waals surface area contributed by atoms with E-state index in [-0.39, 0.29) is 11.3 Å². The zero-order valence-electron chi connectivity index (χ0n) is 12.4. The van der Waals surface area contributed by atoms with Crippen molar-refractivity contribution in [3.05, 3.63) is 35.4 Å². The average Bonchev–Trinajstić information content (AvgIpc) is 2.96. The van der Waals surface area contributed by atoms with E-state index >= 15 is 0 Å². The maximum absolute atomic E-state index is 12.5. The van der Waals surface area contributed by atoms with E-state index in [9.17, 15) is 4.79 Å². The quantitative estimate of drug-likeness (QED) is 0.833. The van der Waals surface area contributed by atoms with E-state index in [0.717, 1.165) is 37.1 Å². The molecule has 1 aromatic carbocycles. The molecule has 1 aliphatic rings. The zero-order valence-corrected chi connectivity index (χ0v) is 12.4. The fraction of sp³-hybridized carbons (Fsp3) is 0.562. The molecule has 20 heavy (non-hydrogen) atoms. The monoisotopic (exact) mass is 276 g/mol. The predicted molar refractivity (Wildman–Crippen MR) is 79.2 cm³/mol. The van der Waals surface area contributed by atoms with Crippen LogP contribution in [0.2, 0.25) is 0 Å². The van der Waals surface area contributed by atoms with E-state index in [1.54, 1.807) is 7.11 Å². The van der Waals surface area contributed by atoms with Gasteiger partial charge in [-0.3, -0.25) is 4.79 Å². The van der Waals surface area contributed by atoms with Gasteiger partial charge in [0.2, 0.25) is 5.91 Å². The Morgan fingerprint density at radius 1 is 1.40 bits per heavy atom. The second-order valence-electron chi connectivity index (χ2n) is 5.45. The number of amides is 1. The molecule has 0 saturated carbocycles. The van der Waals surface area contributed by atoms with E-state index in [1.165, 1.54) is 0 Å². The first-order valence-electron chi connectivity index (χ1n) is 7.26. The van der Waals surface area contributed by atoms with Crippen molar-refractivity contribution in [1.82, 2.24) is 10.6 Å². The maximum atomic E-state index is 12.5. The molecule has 1 aromatic rings. The third-order valence-corrected chi connectivity index (χ3v) is 4.26. The topological polar surface area (TPSA) is 50.4 Å². The molecule has 1 heterocycles. The van der Waals surface area contributed by atoms with Gasteiger partial charge in [-0.05, 0) is 30.5 Å². The molecule has 0 aromatic heterocycles. The lowest BCUT2D eigenvalue weighted by atomic mass is 9.83. The second-order valence-corrected chi connectivity index (χ2v) is 5.45. The van der Waals surface area contributed by atoms with Gasteiger partial charge in [0.25, 0.3) is 0 Å². The third-order valence-electron chi connectivity index (χ3n) is 4.26. The summed E-state index contributed by atoms with van der Waals surface area (Å²) in [4.78, 5) is 12.5. The molecule has 1 fully saturated rings. The minimum absolute atomic E-state index is 0.164. The molecule has 1 unspecified atom stereocenters. The fourth-order valence-electron chi connectivity index (χ4n) is 2.79. The largest absolute Gasteiger partial charge is 0.380 e. The molecular formula is C16H24N2O2. The first-order valence-corrected chi connectivity index (χ1v) is 7.26. The van der Waals surface area contributed by atoms with Gasteiger partial charge in [-0.2, -0.15) is 0 Å². The summed E-state index contributed by atoms with van der Waals surface area (Å²) in [6.45, 7) is 4.95. The molecule has 0 bridgehead atoms. The molecule has 4 heteroatoms. The number of carbonyl (C=O) groups is 1. The van der Waals surface area contributed by atoms with E-state index in [1.807, 2.05) is 24.3 Å². The van der Waals surface area contributed by atoms with Gasteiger partial charge in [0.05, 0.1) is 12.0 Å². The van der Waals surface area contributed by atoms with Gasteiger partial charge in [-0.15, -0.1) is 0 Å². The molecule has 1 aliphatic heterocycles. The van der Waals surface area contributed by atoms with Crippen molar-refractivity contribution in [2.75, 3.05) is 20.2 Å². The van der Waals surface area contributed by atoms with E-state index in [2.05, 4.69) is 17.6 Å². The summed E-state index contributed by atoms with van der Waals surface area (Å²) < 4.78 is 5.19. The second kappa shape index (κ2) is 6.86. The highest BCUT2D eigenvalue weighted by Crippen LogP contribution is 2.29. The number of hydrogen-bond donors (Lipinski definition) is 2. The van der Waals surface area contributed by atoms with Gasteiger partial charge in [-0.25, -0.2) is 0 Å². The molecule has 0 radical (unpaired) electrons. The van der Waals surface area contributed by atoms with Crippen molar-refractivity contribution < 1.29 is 9.53 Å². The normalized spacial score (nSPS) is 21.9. The Labute approximate surface area is 120 Å². The van der Waals surface area contributed by atoms with Crippen molar-refractivity contribution in [3.8, 4) is 0 Å². The number of methoxy groups -OCH3 is 1. The van der Waals surface area contributed by atoms with Crippen LogP contribution in [-0.2, 0) is 22.7 Å². The lowest BCUT2D eigenvalue weighted by molar-refractivity contribution is -0.130. The minimum atomic E-state index is -0.226. The lowest BCUT2D eigenvalue weighted by Crippen LogP contribution is -2.41. The number of ether oxygens (including phenoxy) is 1. The van der Waals surface area contributed by atoms with Crippen LogP contribution in [0.4, 0.5) is 0 Å². The summed E-state index contributed by atoms with van der Waals surface area (Å²) in [5, 5.41) is 6.39. The Kier molecular flexibility index (Phi) is 5.15. The molecule has 1 amide bonds. The Bertz CT molecular complexity index is 454. The van der Waals surface area contributed by atoms with Crippen molar-refractivity contribution in [2.45, 2.75) is 32.9 Å².